The summed E-state index contributed by atoms with van der Waals surface area (Å²) in [5.41, 5.74) is 7.68. The first-order chi connectivity index (χ1) is 11.2. The van der Waals surface area contributed by atoms with Gasteiger partial charge in [-0.05, 0) is 30.3 Å². The fraction of sp³-hybridized carbons (Fsp3) is 0. The van der Waals surface area contributed by atoms with Crippen LogP contribution in [0.4, 0.5) is 10.1 Å². The van der Waals surface area contributed by atoms with Gasteiger partial charge in [-0.3, -0.25) is 20.6 Å². The van der Waals surface area contributed by atoms with E-state index in [2.05, 4.69) is 15.8 Å². The fourth-order valence-electron chi connectivity index (χ4n) is 2.44. The number of carbonyl (C=O) groups is 1. The molecule has 24 heavy (non-hydrogen) atoms. The van der Waals surface area contributed by atoms with Crippen molar-refractivity contribution >= 4 is 40.6 Å². The summed E-state index contributed by atoms with van der Waals surface area (Å²) in [5, 5.41) is 0. The predicted molar refractivity (Wildman–Crippen MR) is 89.7 cm³/mol. The average Bonchev–Trinajstić information content (AvgIpc) is 3.23. The fourth-order valence-corrected chi connectivity index (χ4v) is 2.44. The summed E-state index contributed by atoms with van der Waals surface area (Å²) < 4.78 is 20.4. The molecule has 0 aliphatic heterocycles. The number of hydrogen-bond acceptors (Lipinski definition) is 4. The van der Waals surface area contributed by atoms with Crippen molar-refractivity contribution < 1.29 is 13.6 Å². The Morgan fingerprint density at radius 1 is 1.17 bits per heavy atom. The Kier molecular flexibility index (Phi) is 4.09. The molecular formula is C16H12ClFN4O2. The third kappa shape index (κ3) is 2.55. The summed E-state index contributed by atoms with van der Waals surface area (Å²) in [4.78, 5) is 16.2. The number of hydrogen-bond donors (Lipinski definition) is 2. The Morgan fingerprint density at radius 2 is 2.04 bits per heavy atom. The van der Waals surface area contributed by atoms with Crippen LogP contribution >= 0.6 is 12.4 Å². The van der Waals surface area contributed by atoms with Gasteiger partial charge in [0.15, 0.2) is 5.76 Å². The molecule has 3 aromatic heterocycles. The molecule has 1 amide bonds. The quantitative estimate of drug-likeness (QED) is 0.558. The highest BCUT2D eigenvalue weighted by molar-refractivity contribution is 5.94. The Balaban J connectivity index is 0.00000169. The minimum Gasteiger partial charge on any atom is -0.459 e. The number of fused-ring (bicyclic) bond motifs is 3. The monoisotopic (exact) mass is 346 g/mol. The maximum Gasteiger partial charge on any atom is 0.305 e. The maximum atomic E-state index is 13.6. The second-order valence-corrected chi connectivity index (χ2v) is 4.91. The van der Waals surface area contributed by atoms with Crippen molar-refractivity contribution in [2.75, 3.05) is 5.43 Å². The molecule has 0 saturated heterocycles. The molecule has 4 rings (SSSR count). The summed E-state index contributed by atoms with van der Waals surface area (Å²) >= 11 is 0. The number of carbonyl (C=O) groups excluding carboxylic acids is 1. The molecule has 0 radical (unpaired) electrons. The zero-order chi connectivity index (χ0) is 15.8. The van der Waals surface area contributed by atoms with E-state index >= 15 is 0 Å². The van der Waals surface area contributed by atoms with Crippen LogP contribution in [-0.4, -0.2) is 15.3 Å². The zero-order valence-electron chi connectivity index (χ0n) is 12.2. The molecule has 0 fully saturated rings. The summed E-state index contributed by atoms with van der Waals surface area (Å²) in [6.45, 7) is 0. The molecule has 0 aliphatic carbocycles. The summed E-state index contributed by atoms with van der Waals surface area (Å²) in [7, 11) is 0. The van der Waals surface area contributed by atoms with E-state index in [1.807, 2.05) is 6.07 Å². The van der Waals surface area contributed by atoms with Crippen molar-refractivity contribution in [2.45, 2.75) is 0 Å². The average molecular weight is 347 g/mol. The first-order valence-electron chi connectivity index (χ1n) is 6.88. The molecule has 4 aromatic rings. The molecule has 2 N–H and O–H groups in total. The van der Waals surface area contributed by atoms with Crippen LogP contribution < -0.4 is 10.9 Å². The van der Waals surface area contributed by atoms with Crippen LogP contribution in [0.5, 0.6) is 0 Å². The van der Waals surface area contributed by atoms with Crippen molar-refractivity contribution in [3.8, 4) is 0 Å². The predicted octanol–water partition coefficient (Wildman–Crippen LogP) is 3.40. The van der Waals surface area contributed by atoms with Gasteiger partial charge in [0.1, 0.15) is 16.9 Å². The highest BCUT2D eigenvalue weighted by atomic mass is 35.5. The Bertz CT molecular complexity index is 1010. The number of amides is 1. The second kappa shape index (κ2) is 6.21. The molecule has 122 valence electrons. The Labute approximate surface area is 141 Å². The van der Waals surface area contributed by atoms with Gasteiger partial charge < -0.3 is 8.82 Å². The standard InChI is InChI=1S/C16H11FN4O2.ClH/c17-10-6-7-21-12-4-1-3-11(15(12)18-9-13(10)21)19-20-16(22)14-5-2-8-23-14;/h1-9,19H,(H,20,22);1H. The summed E-state index contributed by atoms with van der Waals surface area (Å²) in [6.07, 6.45) is 4.52. The molecule has 0 saturated carbocycles. The molecule has 3 heterocycles. The number of nitrogens with zero attached hydrogens (tertiary/aromatic N) is 2. The van der Waals surface area contributed by atoms with E-state index in [1.165, 1.54) is 18.5 Å². The molecule has 0 bridgehead atoms. The molecule has 0 atom stereocenters. The van der Waals surface area contributed by atoms with Crippen molar-refractivity contribution in [3.05, 3.63) is 66.6 Å². The lowest BCUT2D eigenvalue weighted by Crippen LogP contribution is -2.29. The van der Waals surface area contributed by atoms with Gasteiger partial charge in [-0.2, -0.15) is 0 Å². The maximum absolute atomic E-state index is 13.6. The van der Waals surface area contributed by atoms with E-state index < -0.39 is 5.91 Å². The number of aromatic nitrogens is 2. The van der Waals surface area contributed by atoms with Crippen LogP contribution in [0.1, 0.15) is 10.6 Å². The van der Waals surface area contributed by atoms with E-state index in [4.69, 9.17) is 4.42 Å². The number of benzene rings is 1. The van der Waals surface area contributed by atoms with Gasteiger partial charge in [0.05, 0.1) is 23.7 Å². The van der Waals surface area contributed by atoms with E-state index in [0.29, 0.717) is 16.7 Å². The number of nitrogens with one attached hydrogen (secondary N) is 2. The third-order valence-electron chi connectivity index (χ3n) is 3.52. The van der Waals surface area contributed by atoms with Crippen LogP contribution in [0, 0.1) is 5.82 Å². The van der Waals surface area contributed by atoms with Crippen molar-refractivity contribution in [3.63, 3.8) is 0 Å². The molecule has 1 aromatic carbocycles. The van der Waals surface area contributed by atoms with Gasteiger partial charge in [-0.15, -0.1) is 12.4 Å². The number of para-hydroxylation sites is 1. The number of anilines is 1. The smallest absolute Gasteiger partial charge is 0.305 e. The lowest BCUT2D eigenvalue weighted by Gasteiger charge is -2.10. The third-order valence-corrected chi connectivity index (χ3v) is 3.52. The van der Waals surface area contributed by atoms with Crippen LogP contribution in [0.15, 0.2) is 59.5 Å². The SMILES string of the molecule is Cl.O=C(NNc1cccc2c1ncc1c(F)ccn12)c1ccco1. The Hall–Kier alpha value is -3.06. The van der Waals surface area contributed by atoms with Gasteiger partial charge in [-0.1, -0.05) is 6.07 Å². The first kappa shape index (κ1) is 15.8. The summed E-state index contributed by atoms with van der Waals surface area (Å²) in [5.74, 6) is -0.537. The Morgan fingerprint density at radius 3 is 2.83 bits per heavy atom. The van der Waals surface area contributed by atoms with E-state index in [-0.39, 0.29) is 24.0 Å². The molecule has 8 heteroatoms. The van der Waals surface area contributed by atoms with E-state index in [0.717, 1.165) is 5.52 Å². The second-order valence-electron chi connectivity index (χ2n) is 4.91. The van der Waals surface area contributed by atoms with Gasteiger partial charge in [0, 0.05) is 6.20 Å². The van der Waals surface area contributed by atoms with Crippen molar-refractivity contribution in [2.24, 2.45) is 0 Å². The van der Waals surface area contributed by atoms with Crippen LogP contribution in [0.3, 0.4) is 0 Å². The minimum atomic E-state index is -0.403. The van der Waals surface area contributed by atoms with Gasteiger partial charge in [-0.25, -0.2) is 4.39 Å². The lowest BCUT2D eigenvalue weighted by molar-refractivity contribution is 0.0935. The zero-order valence-corrected chi connectivity index (χ0v) is 13.0. The number of hydrazine groups is 1. The summed E-state index contributed by atoms with van der Waals surface area (Å²) in [6, 6.07) is 9.96. The van der Waals surface area contributed by atoms with Crippen LogP contribution in [-0.2, 0) is 0 Å². The highest BCUT2D eigenvalue weighted by Gasteiger charge is 2.11. The van der Waals surface area contributed by atoms with Crippen LogP contribution in [0.25, 0.3) is 16.6 Å². The van der Waals surface area contributed by atoms with E-state index in [9.17, 15) is 9.18 Å². The van der Waals surface area contributed by atoms with Crippen LogP contribution in [0.2, 0.25) is 0 Å². The van der Waals surface area contributed by atoms with Gasteiger partial charge in [0.2, 0.25) is 0 Å². The normalized spacial score (nSPS) is 10.5. The largest absolute Gasteiger partial charge is 0.459 e. The van der Waals surface area contributed by atoms with E-state index in [1.54, 1.807) is 34.9 Å². The minimum absolute atomic E-state index is 0. The molecular weight excluding hydrogens is 335 g/mol. The molecule has 0 unspecified atom stereocenters. The van der Waals surface area contributed by atoms with Crippen molar-refractivity contribution in [1.29, 1.82) is 0 Å². The molecule has 0 spiro atoms. The molecule has 0 aliphatic rings. The highest BCUT2D eigenvalue weighted by Crippen LogP contribution is 2.23. The number of rotatable bonds is 3. The topological polar surface area (TPSA) is 71.6 Å². The van der Waals surface area contributed by atoms with Crippen molar-refractivity contribution in [1.82, 2.24) is 14.8 Å². The first-order valence-corrected chi connectivity index (χ1v) is 6.88. The van der Waals surface area contributed by atoms with Gasteiger partial charge >= 0.3 is 5.91 Å². The number of furan rings is 1. The number of halogens is 2. The lowest BCUT2D eigenvalue weighted by atomic mass is 10.2. The molecule has 6 nitrogen and oxygen atoms in total. The van der Waals surface area contributed by atoms with Gasteiger partial charge in [0.25, 0.3) is 0 Å².